The summed E-state index contributed by atoms with van der Waals surface area (Å²) in [4.78, 5) is 2.48. The highest BCUT2D eigenvalue weighted by atomic mass is 35.5. The molecule has 0 spiro atoms. The molecule has 0 saturated carbocycles. The molecule has 0 radical (unpaired) electrons. The summed E-state index contributed by atoms with van der Waals surface area (Å²) in [5.74, 6) is 2.37. The molecule has 0 aromatic heterocycles. The highest BCUT2D eigenvalue weighted by Crippen LogP contribution is 2.26. The van der Waals surface area contributed by atoms with Crippen LogP contribution in [0.2, 0.25) is 0 Å². The molecule has 1 fully saturated rings. The summed E-state index contributed by atoms with van der Waals surface area (Å²) in [5.41, 5.74) is 0. The Hall–Kier alpha value is -0.930. The van der Waals surface area contributed by atoms with Crippen molar-refractivity contribution in [1.29, 1.82) is 0 Å². The Kier molecular flexibility index (Phi) is 7.17. The van der Waals surface area contributed by atoms with Crippen LogP contribution in [-0.2, 0) is 0 Å². The van der Waals surface area contributed by atoms with Gasteiger partial charge in [0.2, 0.25) is 0 Å². The van der Waals surface area contributed by atoms with Crippen LogP contribution in [-0.4, -0.2) is 43.1 Å². The van der Waals surface area contributed by atoms with Gasteiger partial charge in [0.05, 0.1) is 6.61 Å². The smallest absolute Gasteiger partial charge is 0.161 e. The van der Waals surface area contributed by atoms with E-state index in [2.05, 4.69) is 4.90 Å². The molecule has 118 valence electrons. The first kappa shape index (κ1) is 16.4. The lowest BCUT2D eigenvalue weighted by atomic mass is 10.1. The van der Waals surface area contributed by atoms with Gasteiger partial charge in [0, 0.05) is 18.5 Å². The minimum absolute atomic E-state index is 0.500. The number of halogens is 1. The van der Waals surface area contributed by atoms with E-state index in [4.69, 9.17) is 21.1 Å². The highest BCUT2D eigenvalue weighted by Gasteiger charge is 2.19. The van der Waals surface area contributed by atoms with Crippen molar-refractivity contribution in [2.45, 2.75) is 38.6 Å². The fraction of sp³-hybridized carbons (Fsp3) is 0.647. The van der Waals surface area contributed by atoms with Crippen LogP contribution in [0.3, 0.4) is 0 Å². The van der Waals surface area contributed by atoms with Gasteiger partial charge >= 0.3 is 0 Å². The first-order chi connectivity index (χ1) is 10.3. The Morgan fingerprint density at radius 2 is 1.90 bits per heavy atom. The molecule has 1 aliphatic rings. The van der Waals surface area contributed by atoms with Gasteiger partial charge in [0.15, 0.2) is 11.5 Å². The van der Waals surface area contributed by atoms with Crippen molar-refractivity contribution in [2.75, 3.05) is 32.2 Å². The van der Waals surface area contributed by atoms with E-state index in [0.717, 1.165) is 30.5 Å². The number of nitrogens with zero attached hydrogens (tertiary/aromatic N) is 1. The lowest BCUT2D eigenvalue weighted by molar-refractivity contribution is 0.169. The average molecular weight is 312 g/mol. The SMILES string of the molecule is CCOc1ccccc1OCCN1CCCCCC1CCl. The Bertz CT molecular complexity index is 414. The maximum Gasteiger partial charge on any atom is 0.161 e. The van der Waals surface area contributed by atoms with Crippen LogP contribution in [0.1, 0.15) is 32.6 Å². The molecule has 0 bridgehead atoms. The van der Waals surface area contributed by atoms with Crippen LogP contribution >= 0.6 is 11.6 Å². The quantitative estimate of drug-likeness (QED) is 0.712. The normalized spacial score (nSPS) is 20.0. The molecule has 1 aromatic rings. The molecular weight excluding hydrogens is 286 g/mol. The molecule has 0 amide bonds. The zero-order chi connectivity index (χ0) is 14.9. The van der Waals surface area contributed by atoms with Crippen LogP contribution in [0.5, 0.6) is 11.5 Å². The largest absolute Gasteiger partial charge is 0.490 e. The van der Waals surface area contributed by atoms with Crippen LogP contribution in [0, 0.1) is 0 Å². The summed E-state index contributed by atoms with van der Waals surface area (Å²) in [6.45, 7) is 5.38. The van der Waals surface area contributed by atoms with Crippen molar-refractivity contribution < 1.29 is 9.47 Å². The zero-order valence-electron chi connectivity index (χ0n) is 12.9. The van der Waals surface area contributed by atoms with Gasteiger partial charge in [-0.2, -0.15) is 0 Å². The third kappa shape index (κ3) is 5.08. The van der Waals surface area contributed by atoms with Gasteiger partial charge in [0.25, 0.3) is 0 Å². The average Bonchev–Trinajstić information content (AvgIpc) is 2.74. The summed E-state index contributed by atoms with van der Waals surface area (Å²) >= 11 is 6.11. The van der Waals surface area contributed by atoms with E-state index in [1.54, 1.807) is 0 Å². The molecule has 2 rings (SSSR count). The van der Waals surface area contributed by atoms with Crippen molar-refractivity contribution in [2.24, 2.45) is 0 Å². The minimum Gasteiger partial charge on any atom is -0.490 e. The second-order valence-electron chi connectivity index (χ2n) is 5.42. The van der Waals surface area contributed by atoms with Crippen molar-refractivity contribution in [1.82, 2.24) is 4.90 Å². The first-order valence-electron chi connectivity index (χ1n) is 7.99. The van der Waals surface area contributed by atoms with E-state index < -0.39 is 0 Å². The van der Waals surface area contributed by atoms with Crippen LogP contribution in [0.4, 0.5) is 0 Å². The predicted octanol–water partition coefficient (Wildman–Crippen LogP) is 3.95. The number of rotatable bonds is 7. The molecule has 1 saturated heterocycles. The molecule has 1 heterocycles. The fourth-order valence-corrected chi connectivity index (χ4v) is 3.17. The number of para-hydroxylation sites is 2. The molecule has 1 atom stereocenters. The Morgan fingerprint density at radius 1 is 1.14 bits per heavy atom. The van der Waals surface area contributed by atoms with Crippen LogP contribution in [0.25, 0.3) is 0 Å². The molecule has 4 heteroatoms. The summed E-state index contributed by atoms with van der Waals surface area (Å²) in [7, 11) is 0. The topological polar surface area (TPSA) is 21.7 Å². The Labute approximate surface area is 133 Å². The minimum atomic E-state index is 0.500. The molecule has 1 unspecified atom stereocenters. The third-order valence-corrected chi connectivity index (χ3v) is 4.32. The molecule has 0 N–H and O–H groups in total. The maximum absolute atomic E-state index is 6.11. The monoisotopic (exact) mass is 311 g/mol. The third-order valence-electron chi connectivity index (χ3n) is 3.96. The van der Waals surface area contributed by atoms with E-state index in [1.165, 1.54) is 25.7 Å². The van der Waals surface area contributed by atoms with Crippen molar-refractivity contribution in [3.63, 3.8) is 0 Å². The molecule has 0 aliphatic carbocycles. The van der Waals surface area contributed by atoms with E-state index in [0.29, 0.717) is 19.3 Å². The number of ether oxygens (including phenoxy) is 2. The lowest BCUT2D eigenvalue weighted by Gasteiger charge is -2.28. The number of hydrogen-bond acceptors (Lipinski definition) is 3. The van der Waals surface area contributed by atoms with Crippen LogP contribution in [0.15, 0.2) is 24.3 Å². The van der Waals surface area contributed by atoms with Gasteiger partial charge in [-0.3, -0.25) is 4.90 Å². The van der Waals surface area contributed by atoms with Gasteiger partial charge in [-0.25, -0.2) is 0 Å². The number of benzene rings is 1. The molecule has 1 aromatic carbocycles. The zero-order valence-corrected chi connectivity index (χ0v) is 13.6. The van der Waals surface area contributed by atoms with E-state index in [1.807, 2.05) is 31.2 Å². The lowest BCUT2D eigenvalue weighted by Crippen LogP contribution is -2.39. The summed E-state index contributed by atoms with van der Waals surface area (Å²) in [5, 5.41) is 0. The summed E-state index contributed by atoms with van der Waals surface area (Å²) in [6, 6.07) is 8.36. The van der Waals surface area contributed by atoms with Gasteiger partial charge in [-0.05, 0) is 38.4 Å². The number of hydrogen-bond donors (Lipinski definition) is 0. The summed E-state index contributed by atoms with van der Waals surface area (Å²) < 4.78 is 11.5. The standard InChI is InChI=1S/C17H26ClNO2/c1-2-20-16-9-5-6-10-17(16)21-13-12-19-11-7-3-4-8-15(19)14-18/h5-6,9-10,15H,2-4,7-8,11-14H2,1H3. The first-order valence-corrected chi connectivity index (χ1v) is 8.53. The number of alkyl halides is 1. The van der Waals surface area contributed by atoms with Gasteiger partial charge < -0.3 is 9.47 Å². The van der Waals surface area contributed by atoms with Crippen molar-refractivity contribution >= 4 is 11.6 Å². The molecule has 1 aliphatic heterocycles. The van der Waals surface area contributed by atoms with E-state index >= 15 is 0 Å². The van der Waals surface area contributed by atoms with Crippen molar-refractivity contribution in [3.05, 3.63) is 24.3 Å². The highest BCUT2D eigenvalue weighted by molar-refractivity contribution is 6.18. The van der Waals surface area contributed by atoms with Crippen LogP contribution < -0.4 is 9.47 Å². The number of likely N-dealkylation sites (tertiary alicyclic amines) is 1. The molecule has 3 nitrogen and oxygen atoms in total. The fourth-order valence-electron chi connectivity index (χ4n) is 2.82. The molecular formula is C17H26ClNO2. The van der Waals surface area contributed by atoms with Gasteiger partial charge in [0.1, 0.15) is 6.61 Å². The Balaban J connectivity index is 1.85. The molecule has 21 heavy (non-hydrogen) atoms. The summed E-state index contributed by atoms with van der Waals surface area (Å²) in [6.07, 6.45) is 5.09. The Morgan fingerprint density at radius 3 is 2.62 bits per heavy atom. The van der Waals surface area contributed by atoms with E-state index in [-0.39, 0.29) is 0 Å². The van der Waals surface area contributed by atoms with Crippen molar-refractivity contribution in [3.8, 4) is 11.5 Å². The second kappa shape index (κ2) is 9.16. The predicted molar refractivity (Wildman–Crippen MR) is 87.7 cm³/mol. The second-order valence-corrected chi connectivity index (χ2v) is 5.73. The van der Waals surface area contributed by atoms with E-state index in [9.17, 15) is 0 Å². The maximum atomic E-state index is 6.11. The van der Waals surface area contributed by atoms with Gasteiger partial charge in [-0.1, -0.05) is 25.0 Å². The van der Waals surface area contributed by atoms with Gasteiger partial charge in [-0.15, -0.1) is 11.6 Å².